The Kier molecular flexibility index (Phi) is 4.03. The second-order valence-corrected chi connectivity index (χ2v) is 5.02. The number of aryl methyl sites for hydroxylation is 1. The predicted molar refractivity (Wildman–Crippen MR) is 85.6 cm³/mol. The van der Waals surface area contributed by atoms with Crippen molar-refractivity contribution in [2.75, 3.05) is 0 Å². The Morgan fingerprint density at radius 2 is 1.52 bits per heavy atom. The van der Waals surface area contributed by atoms with E-state index in [1.807, 2.05) is 37.3 Å². The third kappa shape index (κ3) is 3.35. The van der Waals surface area contributed by atoms with Crippen molar-refractivity contribution in [1.29, 1.82) is 5.26 Å². The molecule has 0 saturated carbocycles. The highest BCUT2D eigenvalue weighted by molar-refractivity contribution is 5.61. The van der Waals surface area contributed by atoms with Gasteiger partial charge in [0.1, 0.15) is 23.4 Å². The highest BCUT2D eigenvalue weighted by atomic mass is 19.1. The van der Waals surface area contributed by atoms with Crippen molar-refractivity contribution < 1.29 is 9.13 Å². The molecular weight excluding hydrogens is 291 g/mol. The molecule has 0 fully saturated rings. The predicted octanol–water partition coefficient (Wildman–Crippen LogP) is 4.86. The number of rotatable bonds is 3. The van der Waals surface area contributed by atoms with E-state index in [9.17, 15) is 4.39 Å². The SMILES string of the molecule is Cc1nc(-c2ccc(Oc3ccc(F)cc3)cc2)ccc1C#N. The molecule has 0 aliphatic rings. The number of nitrogens with zero attached hydrogens (tertiary/aromatic N) is 2. The Balaban J connectivity index is 1.80. The van der Waals surface area contributed by atoms with Crippen LogP contribution in [-0.2, 0) is 0 Å². The Hall–Kier alpha value is -3.19. The van der Waals surface area contributed by atoms with Gasteiger partial charge in [0.25, 0.3) is 0 Å². The molecule has 3 aromatic rings. The lowest BCUT2D eigenvalue weighted by molar-refractivity contribution is 0.480. The summed E-state index contributed by atoms with van der Waals surface area (Å²) in [7, 11) is 0. The van der Waals surface area contributed by atoms with E-state index < -0.39 is 0 Å². The van der Waals surface area contributed by atoms with Gasteiger partial charge in [-0.3, -0.25) is 4.98 Å². The molecule has 2 aromatic carbocycles. The molecule has 0 spiro atoms. The molecule has 23 heavy (non-hydrogen) atoms. The van der Waals surface area contributed by atoms with Crippen molar-refractivity contribution in [2.45, 2.75) is 6.92 Å². The number of pyridine rings is 1. The van der Waals surface area contributed by atoms with Crippen LogP contribution < -0.4 is 4.74 Å². The summed E-state index contributed by atoms with van der Waals surface area (Å²) in [5, 5.41) is 8.94. The molecule has 0 unspecified atom stereocenters. The third-order valence-electron chi connectivity index (χ3n) is 3.41. The number of ether oxygens (including phenoxy) is 1. The first-order valence-electron chi connectivity index (χ1n) is 7.07. The van der Waals surface area contributed by atoms with Gasteiger partial charge < -0.3 is 4.74 Å². The summed E-state index contributed by atoms with van der Waals surface area (Å²) in [6.45, 7) is 1.81. The number of hydrogen-bond donors (Lipinski definition) is 0. The lowest BCUT2D eigenvalue weighted by Gasteiger charge is -2.07. The average Bonchev–Trinajstić information content (AvgIpc) is 2.57. The standard InChI is InChI=1S/C19H13FN2O/c1-13-15(12-21)4-11-19(22-13)14-2-7-17(8-3-14)23-18-9-5-16(20)6-10-18/h2-11H,1H3. The summed E-state index contributed by atoms with van der Waals surface area (Å²) >= 11 is 0. The van der Waals surface area contributed by atoms with Gasteiger partial charge in [0.2, 0.25) is 0 Å². The van der Waals surface area contributed by atoms with Gasteiger partial charge in [0, 0.05) is 5.56 Å². The van der Waals surface area contributed by atoms with Crippen molar-refractivity contribution in [3.8, 4) is 28.8 Å². The summed E-state index contributed by atoms with van der Waals surface area (Å²) in [5.74, 6) is 0.937. The van der Waals surface area contributed by atoms with Crippen LogP contribution in [0.15, 0.2) is 60.7 Å². The summed E-state index contributed by atoms with van der Waals surface area (Å²) in [6.07, 6.45) is 0. The van der Waals surface area contributed by atoms with Crippen LogP contribution in [0.3, 0.4) is 0 Å². The fourth-order valence-electron chi connectivity index (χ4n) is 2.17. The zero-order valence-electron chi connectivity index (χ0n) is 12.5. The van der Waals surface area contributed by atoms with Crippen molar-refractivity contribution in [1.82, 2.24) is 4.98 Å². The number of hydrogen-bond acceptors (Lipinski definition) is 3. The van der Waals surface area contributed by atoms with E-state index in [1.54, 1.807) is 18.2 Å². The van der Waals surface area contributed by atoms with Gasteiger partial charge in [-0.15, -0.1) is 0 Å². The molecule has 0 radical (unpaired) electrons. The lowest BCUT2D eigenvalue weighted by Crippen LogP contribution is -1.91. The number of aromatic nitrogens is 1. The zero-order chi connectivity index (χ0) is 16.2. The highest BCUT2D eigenvalue weighted by Gasteiger charge is 2.04. The quantitative estimate of drug-likeness (QED) is 0.694. The molecule has 4 heteroatoms. The fraction of sp³-hybridized carbons (Fsp3) is 0.0526. The summed E-state index contributed by atoms with van der Waals surface area (Å²) in [6, 6.07) is 19.0. The Morgan fingerprint density at radius 1 is 0.913 bits per heavy atom. The van der Waals surface area contributed by atoms with Gasteiger partial charge >= 0.3 is 0 Å². The molecule has 0 aliphatic heterocycles. The first-order chi connectivity index (χ1) is 11.2. The molecule has 0 saturated heterocycles. The number of benzene rings is 2. The molecule has 0 aliphatic carbocycles. The van der Waals surface area contributed by atoms with Gasteiger partial charge in [0.05, 0.1) is 17.0 Å². The van der Waals surface area contributed by atoms with E-state index in [1.165, 1.54) is 12.1 Å². The smallest absolute Gasteiger partial charge is 0.127 e. The molecule has 1 heterocycles. The molecule has 0 amide bonds. The van der Waals surface area contributed by atoms with Crippen LogP contribution in [0.4, 0.5) is 4.39 Å². The lowest BCUT2D eigenvalue weighted by atomic mass is 10.1. The largest absolute Gasteiger partial charge is 0.457 e. The maximum atomic E-state index is 12.9. The summed E-state index contributed by atoms with van der Waals surface area (Å²) in [4.78, 5) is 4.43. The topological polar surface area (TPSA) is 45.9 Å². The van der Waals surface area contributed by atoms with E-state index in [4.69, 9.17) is 10.00 Å². The number of halogens is 1. The third-order valence-corrected chi connectivity index (χ3v) is 3.41. The molecular formula is C19H13FN2O. The normalized spacial score (nSPS) is 10.1. The van der Waals surface area contributed by atoms with Crippen LogP contribution in [0.25, 0.3) is 11.3 Å². The Morgan fingerprint density at radius 3 is 2.09 bits per heavy atom. The Labute approximate surface area is 133 Å². The van der Waals surface area contributed by atoms with E-state index >= 15 is 0 Å². The monoisotopic (exact) mass is 304 g/mol. The molecule has 0 N–H and O–H groups in total. The van der Waals surface area contributed by atoms with E-state index in [-0.39, 0.29) is 5.82 Å². The van der Waals surface area contributed by atoms with Gasteiger partial charge in [-0.25, -0.2) is 4.39 Å². The fourth-order valence-corrected chi connectivity index (χ4v) is 2.17. The summed E-state index contributed by atoms with van der Waals surface area (Å²) in [5.41, 5.74) is 3.01. The first-order valence-corrected chi connectivity index (χ1v) is 7.07. The van der Waals surface area contributed by atoms with E-state index in [2.05, 4.69) is 11.1 Å². The van der Waals surface area contributed by atoms with Crippen LogP contribution in [-0.4, -0.2) is 4.98 Å². The van der Waals surface area contributed by atoms with Crippen LogP contribution >= 0.6 is 0 Å². The average molecular weight is 304 g/mol. The van der Waals surface area contributed by atoms with Gasteiger partial charge in [-0.05, 0) is 67.6 Å². The van der Waals surface area contributed by atoms with Crippen LogP contribution in [0.5, 0.6) is 11.5 Å². The minimum Gasteiger partial charge on any atom is -0.457 e. The first kappa shape index (κ1) is 14.7. The molecule has 0 bridgehead atoms. The highest BCUT2D eigenvalue weighted by Crippen LogP contribution is 2.25. The van der Waals surface area contributed by atoms with Gasteiger partial charge in [-0.2, -0.15) is 5.26 Å². The van der Waals surface area contributed by atoms with E-state index in [0.717, 1.165) is 11.3 Å². The molecule has 0 atom stereocenters. The summed E-state index contributed by atoms with van der Waals surface area (Å²) < 4.78 is 18.5. The number of nitriles is 1. The Bertz CT molecular complexity index is 865. The van der Waals surface area contributed by atoms with E-state index in [0.29, 0.717) is 22.8 Å². The second-order valence-electron chi connectivity index (χ2n) is 5.02. The molecule has 112 valence electrons. The van der Waals surface area contributed by atoms with Crippen LogP contribution in [0, 0.1) is 24.1 Å². The minimum atomic E-state index is -0.296. The second kappa shape index (κ2) is 6.29. The molecule has 3 rings (SSSR count). The van der Waals surface area contributed by atoms with Gasteiger partial charge in [0.15, 0.2) is 0 Å². The zero-order valence-corrected chi connectivity index (χ0v) is 12.5. The van der Waals surface area contributed by atoms with Gasteiger partial charge in [-0.1, -0.05) is 0 Å². The maximum absolute atomic E-state index is 12.9. The minimum absolute atomic E-state index is 0.296. The van der Waals surface area contributed by atoms with Crippen molar-refractivity contribution in [3.05, 3.63) is 77.7 Å². The van der Waals surface area contributed by atoms with Crippen molar-refractivity contribution >= 4 is 0 Å². The molecule has 3 nitrogen and oxygen atoms in total. The van der Waals surface area contributed by atoms with Crippen LogP contribution in [0.1, 0.15) is 11.3 Å². The maximum Gasteiger partial charge on any atom is 0.127 e. The van der Waals surface area contributed by atoms with Crippen molar-refractivity contribution in [2.24, 2.45) is 0 Å². The molecule has 1 aromatic heterocycles. The van der Waals surface area contributed by atoms with Crippen molar-refractivity contribution in [3.63, 3.8) is 0 Å². The van der Waals surface area contributed by atoms with Crippen LogP contribution in [0.2, 0.25) is 0 Å².